The van der Waals surface area contributed by atoms with Crippen LogP contribution in [-0.2, 0) is 6.54 Å². The van der Waals surface area contributed by atoms with Gasteiger partial charge in [-0.25, -0.2) is 0 Å². The van der Waals surface area contributed by atoms with Gasteiger partial charge in [-0.15, -0.1) is 0 Å². The lowest BCUT2D eigenvalue weighted by Crippen LogP contribution is -2.34. The second kappa shape index (κ2) is 7.90. The Balaban J connectivity index is 1.80. The highest BCUT2D eigenvalue weighted by Gasteiger charge is 2.43. The van der Waals surface area contributed by atoms with Crippen molar-refractivity contribution in [2.45, 2.75) is 32.7 Å². The number of halogens is 2. The molecule has 1 heterocycles. The van der Waals surface area contributed by atoms with Crippen molar-refractivity contribution in [1.82, 2.24) is 4.90 Å². The third kappa shape index (κ3) is 4.08. The Labute approximate surface area is 159 Å². The normalized spacial score (nSPS) is 20.8. The predicted molar refractivity (Wildman–Crippen MR) is 104 cm³/mol. The molecule has 0 N–H and O–H groups in total. The van der Waals surface area contributed by atoms with Gasteiger partial charge in [0.05, 0.1) is 10.0 Å². The van der Waals surface area contributed by atoms with Crippen LogP contribution in [0.25, 0.3) is 0 Å². The van der Waals surface area contributed by atoms with E-state index in [4.69, 9.17) is 23.2 Å². The summed E-state index contributed by atoms with van der Waals surface area (Å²) in [5.74, 6) is 0.198. The first-order valence-electron chi connectivity index (χ1n) is 8.80. The molecule has 0 aliphatic carbocycles. The summed E-state index contributed by atoms with van der Waals surface area (Å²) in [7, 11) is 0. The molecule has 2 aromatic carbocycles. The Morgan fingerprint density at radius 3 is 2.56 bits per heavy atom. The molecule has 132 valence electrons. The third-order valence-electron chi connectivity index (χ3n) is 5.07. The minimum atomic E-state index is -0.319. The smallest absolute Gasteiger partial charge is 0.170 e. The van der Waals surface area contributed by atoms with Gasteiger partial charge in [-0.05, 0) is 43.1 Å². The second-order valence-electron chi connectivity index (χ2n) is 6.93. The van der Waals surface area contributed by atoms with Crippen LogP contribution in [0.4, 0.5) is 0 Å². The molecule has 1 aliphatic rings. The molecule has 0 bridgehead atoms. The van der Waals surface area contributed by atoms with Crippen molar-refractivity contribution in [3.05, 3.63) is 69.7 Å². The summed E-state index contributed by atoms with van der Waals surface area (Å²) in [6, 6.07) is 15.7. The first-order chi connectivity index (χ1) is 12.0. The van der Waals surface area contributed by atoms with Gasteiger partial charge in [0.15, 0.2) is 5.78 Å². The molecule has 3 rings (SSSR count). The van der Waals surface area contributed by atoms with E-state index in [2.05, 4.69) is 36.1 Å². The number of hydrogen-bond donors (Lipinski definition) is 0. The van der Waals surface area contributed by atoms with Gasteiger partial charge in [0.1, 0.15) is 0 Å². The van der Waals surface area contributed by atoms with E-state index >= 15 is 0 Å². The van der Waals surface area contributed by atoms with E-state index in [0.717, 1.165) is 38.9 Å². The molecule has 1 fully saturated rings. The summed E-state index contributed by atoms with van der Waals surface area (Å²) in [5, 5.41) is 0.929. The van der Waals surface area contributed by atoms with Crippen molar-refractivity contribution in [2.24, 2.45) is 5.41 Å². The van der Waals surface area contributed by atoms with Crippen molar-refractivity contribution < 1.29 is 4.79 Å². The van der Waals surface area contributed by atoms with Crippen molar-refractivity contribution in [3.8, 4) is 0 Å². The molecule has 25 heavy (non-hydrogen) atoms. The van der Waals surface area contributed by atoms with Gasteiger partial charge < -0.3 is 0 Å². The molecule has 0 aromatic heterocycles. The number of hydrogen-bond acceptors (Lipinski definition) is 2. The Kier molecular flexibility index (Phi) is 5.83. The minimum absolute atomic E-state index is 0.198. The molecular formula is C21H23Cl2NO. The van der Waals surface area contributed by atoms with Crippen molar-refractivity contribution in [1.29, 1.82) is 0 Å². The standard InChI is InChI=1S/C21H23Cl2NO/c1-2-10-21(20(25)17-8-9-18(22)19(23)13-17)11-12-24(15-21)14-16-6-4-3-5-7-16/h3-9,13H,2,10-12,14-15H2,1H3/t21-/m0/s1. The molecular weight excluding hydrogens is 353 g/mol. The highest BCUT2D eigenvalue weighted by molar-refractivity contribution is 6.42. The number of carbonyl (C=O) groups excluding carboxylic acids is 1. The fourth-order valence-electron chi connectivity index (χ4n) is 3.86. The third-order valence-corrected chi connectivity index (χ3v) is 5.81. The summed E-state index contributed by atoms with van der Waals surface area (Å²) in [4.78, 5) is 15.7. The molecule has 1 saturated heterocycles. The van der Waals surface area contributed by atoms with Crippen molar-refractivity contribution in [2.75, 3.05) is 13.1 Å². The van der Waals surface area contributed by atoms with Crippen molar-refractivity contribution in [3.63, 3.8) is 0 Å². The van der Waals surface area contributed by atoms with E-state index in [0.29, 0.717) is 15.6 Å². The van der Waals surface area contributed by atoms with Crippen LogP contribution in [0.5, 0.6) is 0 Å². The average Bonchev–Trinajstić information content (AvgIpc) is 3.02. The van der Waals surface area contributed by atoms with Gasteiger partial charge in [-0.3, -0.25) is 9.69 Å². The lowest BCUT2D eigenvalue weighted by molar-refractivity contribution is 0.0780. The Bertz CT molecular complexity index is 747. The lowest BCUT2D eigenvalue weighted by atomic mass is 9.76. The molecule has 0 unspecified atom stereocenters. The summed E-state index contributed by atoms with van der Waals surface area (Å²) < 4.78 is 0. The average molecular weight is 376 g/mol. The van der Waals surface area contributed by atoms with E-state index in [1.807, 2.05) is 6.07 Å². The molecule has 0 saturated carbocycles. The predicted octanol–water partition coefficient (Wildman–Crippen LogP) is 5.87. The van der Waals surface area contributed by atoms with E-state index in [1.54, 1.807) is 18.2 Å². The first kappa shape index (κ1) is 18.4. The number of ketones is 1. The maximum Gasteiger partial charge on any atom is 0.170 e. The van der Waals surface area contributed by atoms with Gasteiger partial charge >= 0.3 is 0 Å². The molecule has 1 atom stereocenters. The molecule has 0 spiro atoms. The summed E-state index contributed by atoms with van der Waals surface area (Å²) in [6.07, 6.45) is 2.79. The Morgan fingerprint density at radius 2 is 1.88 bits per heavy atom. The highest BCUT2D eigenvalue weighted by atomic mass is 35.5. The minimum Gasteiger partial charge on any atom is -0.298 e. The fraction of sp³-hybridized carbons (Fsp3) is 0.381. The molecule has 2 nitrogen and oxygen atoms in total. The van der Waals surface area contributed by atoms with Gasteiger partial charge in [0.2, 0.25) is 0 Å². The van der Waals surface area contributed by atoms with Crippen LogP contribution in [0.15, 0.2) is 48.5 Å². The fourth-order valence-corrected chi connectivity index (χ4v) is 4.16. The van der Waals surface area contributed by atoms with E-state index in [-0.39, 0.29) is 11.2 Å². The van der Waals surface area contributed by atoms with Crippen LogP contribution in [0, 0.1) is 5.41 Å². The zero-order valence-electron chi connectivity index (χ0n) is 14.5. The first-order valence-corrected chi connectivity index (χ1v) is 9.56. The van der Waals surface area contributed by atoms with Gasteiger partial charge in [-0.1, -0.05) is 66.9 Å². The van der Waals surface area contributed by atoms with Crippen LogP contribution < -0.4 is 0 Å². The number of carbonyl (C=O) groups is 1. The van der Waals surface area contributed by atoms with Crippen LogP contribution >= 0.6 is 23.2 Å². The molecule has 2 aromatic rings. The monoisotopic (exact) mass is 375 g/mol. The number of likely N-dealkylation sites (tertiary alicyclic amines) is 1. The number of benzene rings is 2. The highest BCUT2D eigenvalue weighted by Crippen LogP contribution is 2.39. The largest absolute Gasteiger partial charge is 0.298 e. The van der Waals surface area contributed by atoms with Crippen LogP contribution in [0.1, 0.15) is 42.1 Å². The molecule has 0 amide bonds. The van der Waals surface area contributed by atoms with E-state index < -0.39 is 0 Å². The van der Waals surface area contributed by atoms with Crippen LogP contribution in [0.2, 0.25) is 10.0 Å². The summed E-state index contributed by atoms with van der Waals surface area (Å²) in [5.41, 5.74) is 1.64. The van der Waals surface area contributed by atoms with Gasteiger partial charge in [0, 0.05) is 24.1 Å². The molecule has 1 aliphatic heterocycles. The SMILES string of the molecule is CCC[C@]1(C(=O)c2ccc(Cl)c(Cl)c2)CCN(Cc2ccccc2)C1. The van der Waals surface area contributed by atoms with Crippen molar-refractivity contribution >= 4 is 29.0 Å². The molecule has 0 radical (unpaired) electrons. The Morgan fingerprint density at radius 1 is 1.12 bits per heavy atom. The second-order valence-corrected chi connectivity index (χ2v) is 7.75. The zero-order chi connectivity index (χ0) is 17.9. The van der Waals surface area contributed by atoms with Gasteiger partial charge in [0.25, 0.3) is 0 Å². The maximum atomic E-state index is 13.3. The molecule has 4 heteroatoms. The summed E-state index contributed by atoms with van der Waals surface area (Å²) in [6.45, 7) is 4.78. The topological polar surface area (TPSA) is 20.3 Å². The van der Waals surface area contributed by atoms with Gasteiger partial charge in [-0.2, -0.15) is 0 Å². The van der Waals surface area contributed by atoms with Crippen LogP contribution in [-0.4, -0.2) is 23.8 Å². The Hall–Kier alpha value is -1.35. The van der Waals surface area contributed by atoms with Crippen LogP contribution in [0.3, 0.4) is 0 Å². The summed E-state index contributed by atoms with van der Waals surface area (Å²) >= 11 is 12.1. The quantitative estimate of drug-likeness (QED) is 0.588. The van der Waals surface area contributed by atoms with E-state index in [1.165, 1.54) is 5.56 Å². The number of nitrogens with zero attached hydrogens (tertiary/aromatic N) is 1. The maximum absolute atomic E-state index is 13.3. The van der Waals surface area contributed by atoms with E-state index in [9.17, 15) is 4.79 Å². The zero-order valence-corrected chi connectivity index (χ0v) is 16.0. The number of Topliss-reactive ketones (excluding diaryl/α,β-unsaturated/α-hetero) is 1. The number of rotatable bonds is 6. The lowest BCUT2D eigenvalue weighted by Gasteiger charge is -2.28.